The summed E-state index contributed by atoms with van der Waals surface area (Å²) in [6.45, 7) is 0. The van der Waals surface area contributed by atoms with Crippen LogP contribution in [0.5, 0.6) is 5.75 Å². The van der Waals surface area contributed by atoms with Gasteiger partial charge in [-0.05, 0) is 43.0 Å². The monoisotopic (exact) mass is 331 g/mol. The second-order valence-corrected chi connectivity index (χ2v) is 7.16. The van der Waals surface area contributed by atoms with Gasteiger partial charge in [-0.15, -0.1) is 12.6 Å². The van der Waals surface area contributed by atoms with E-state index in [1.807, 2.05) is 24.3 Å². The maximum atomic E-state index is 11.3. The van der Waals surface area contributed by atoms with E-state index in [2.05, 4.69) is 17.6 Å². The zero-order valence-electron chi connectivity index (χ0n) is 13.5. The van der Waals surface area contributed by atoms with Crippen molar-refractivity contribution in [3.8, 4) is 5.75 Å². The predicted molar refractivity (Wildman–Crippen MR) is 98.4 cm³/mol. The summed E-state index contributed by atoms with van der Waals surface area (Å²) in [6, 6.07) is 9.08. The summed E-state index contributed by atoms with van der Waals surface area (Å²) >= 11 is 4.57. The summed E-state index contributed by atoms with van der Waals surface area (Å²) < 4.78 is 5.91. The molecular formula is C19H25NO2S. The van der Waals surface area contributed by atoms with Crippen LogP contribution in [0, 0.1) is 5.92 Å². The van der Waals surface area contributed by atoms with E-state index in [4.69, 9.17) is 4.74 Å². The van der Waals surface area contributed by atoms with Crippen molar-refractivity contribution in [3.63, 3.8) is 0 Å². The molecule has 0 amide bonds. The molecule has 0 aliphatic heterocycles. The van der Waals surface area contributed by atoms with Crippen molar-refractivity contribution >= 4 is 23.5 Å². The molecule has 1 aromatic heterocycles. The van der Waals surface area contributed by atoms with Crippen LogP contribution in [0.2, 0.25) is 0 Å². The first-order valence-electron chi connectivity index (χ1n) is 8.68. The van der Waals surface area contributed by atoms with E-state index < -0.39 is 0 Å². The van der Waals surface area contributed by atoms with E-state index in [1.54, 1.807) is 0 Å². The normalized spacial score (nSPS) is 17.3. The van der Waals surface area contributed by atoms with Gasteiger partial charge in [0, 0.05) is 17.0 Å². The Morgan fingerprint density at radius 1 is 1.17 bits per heavy atom. The maximum Gasteiger partial charge on any atom is 0.248 e. The second kappa shape index (κ2) is 7.91. The summed E-state index contributed by atoms with van der Waals surface area (Å²) in [7, 11) is 0. The molecule has 1 N–H and O–H groups in total. The summed E-state index contributed by atoms with van der Waals surface area (Å²) in [5, 5.41) is 0.977. The number of H-pyrrole nitrogens is 1. The average molecular weight is 331 g/mol. The Hall–Kier alpha value is -1.42. The Bertz CT molecular complexity index is 691. The first kappa shape index (κ1) is 16.4. The van der Waals surface area contributed by atoms with Gasteiger partial charge in [0.05, 0.1) is 0 Å². The van der Waals surface area contributed by atoms with Crippen molar-refractivity contribution in [3.05, 3.63) is 40.7 Å². The summed E-state index contributed by atoms with van der Waals surface area (Å²) in [5.74, 6) is 1.73. The van der Waals surface area contributed by atoms with Gasteiger partial charge in [-0.3, -0.25) is 4.79 Å². The molecule has 1 aliphatic rings. The van der Waals surface area contributed by atoms with Crippen LogP contribution in [0.25, 0.3) is 10.9 Å². The lowest BCUT2D eigenvalue weighted by Crippen LogP contribution is -2.11. The molecule has 1 fully saturated rings. The molecule has 3 rings (SSSR count). The number of thiol groups is 1. The molecule has 3 nitrogen and oxygen atoms in total. The number of benzene rings is 1. The van der Waals surface area contributed by atoms with Crippen molar-refractivity contribution in [2.75, 3.05) is 0 Å². The highest BCUT2D eigenvalue weighted by Gasteiger charge is 2.14. The van der Waals surface area contributed by atoms with Crippen LogP contribution in [0.15, 0.2) is 35.1 Å². The van der Waals surface area contributed by atoms with Crippen LogP contribution >= 0.6 is 12.6 Å². The van der Waals surface area contributed by atoms with Crippen molar-refractivity contribution < 1.29 is 4.74 Å². The van der Waals surface area contributed by atoms with Gasteiger partial charge < -0.3 is 9.72 Å². The van der Waals surface area contributed by atoms with Crippen LogP contribution in [-0.2, 0) is 0 Å². The predicted octanol–water partition coefficient (Wildman–Crippen LogP) is 4.91. The molecule has 0 bridgehead atoms. The third kappa shape index (κ3) is 4.77. The van der Waals surface area contributed by atoms with E-state index in [9.17, 15) is 4.79 Å². The fraction of sp³-hybridized carbons (Fsp3) is 0.526. The highest BCUT2D eigenvalue weighted by Crippen LogP contribution is 2.28. The topological polar surface area (TPSA) is 42.1 Å². The number of hydrogen-bond acceptors (Lipinski definition) is 3. The van der Waals surface area contributed by atoms with Crippen LogP contribution in [0.1, 0.15) is 51.4 Å². The average Bonchev–Trinajstić information content (AvgIpc) is 2.56. The third-order valence-corrected chi connectivity index (χ3v) is 5.12. The quantitative estimate of drug-likeness (QED) is 0.583. The molecule has 1 saturated carbocycles. The molecule has 124 valence electrons. The Morgan fingerprint density at radius 2 is 2.00 bits per heavy atom. The number of hydrogen-bond donors (Lipinski definition) is 2. The Labute approximate surface area is 142 Å². The number of nitrogens with one attached hydrogen (secondary N) is 1. The number of aromatic nitrogens is 1. The lowest BCUT2D eigenvalue weighted by atomic mass is 9.86. The van der Waals surface area contributed by atoms with Gasteiger partial charge in [-0.2, -0.15) is 0 Å². The van der Waals surface area contributed by atoms with Gasteiger partial charge in [0.1, 0.15) is 11.2 Å². The van der Waals surface area contributed by atoms with E-state index in [0.717, 1.165) is 29.0 Å². The summed E-state index contributed by atoms with van der Waals surface area (Å²) in [4.78, 5) is 14.1. The van der Waals surface area contributed by atoms with Crippen molar-refractivity contribution in [1.82, 2.24) is 4.98 Å². The van der Waals surface area contributed by atoms with Crippen LogP contribution < -0.4 is 10.3 Å². The molecule has 2 aromatic rings. The van der Waals surface area contributed by atoms with Crippen LogP contribution in [-0.4, -0.2) is 10.4 Å². The summed E-state index contributed by atoms with van der Waals surface area (Å²) in [5.41, 5.74) is 0.678. The van der Waals surface area contributed by atoms with Gasteiger partial charge in [-0.25, -0.2) is 0 Å². The van der Waals surface area contributed by atoms with Crippen molar-refractivity contribution in [1.29, 1.82) is 0 Å². The fourth-order valence-corrected chi connectivity index (χ4v) is 3.78. The number of pyridine rings is 1. The van der Waals surface area contributed by atoms with E-state index in [-0.39, 0.29) is 11.0 Å². The fourth-order valence-electron chi connectivity index (χ4n) is 3.48. The molecular weight excluding hydrogens is 306 g/mol. The molecule has 1 aromatic carbocycles. The van der Waals surface area contributed by atoms with Crippen LogP contribution in [0.4, 0.5) is 0 Å². The van der Waals surface area contributed by atoms with Gasteiger partial charge in [0.15, 0.2) is 0 Å². The zero-order valence-corrected chi connectivity index (χ0v) is 14.4. The molecule has 1 unspecified atom stereocenters. The molecule has 1 heterocycles. The van der Waals surface area contributed by atoms with Crippen molar-refractivity contribution in [2.24, 2.45) is 5.92 Å². The Morgan fingerprint density at radius 3 is 2.83 bits per heavy atom. The molecule has 0 saturated heterocycles. The first-order chi connectivity index (χ1) is 11.2. The second-order valence-electron chi connectivity index (χ2n) is 6.58. The number of rotatable bonds is 6. The van der Waals surface area contributed by atoms with Gasteiger partial charge in [0.2, 0.25) is 5.56 Å². The Balaban J connectivity index is 1.50. The molecule has 0 radical (unpaired) electrons. The molecule has 1 atom stereocenters. The van der Waals surface area contributed by atoms with Gasteiger partial charge in [-0.1, -0.05) is 38.5 Å². The minimum absolute atomic E-state index is 0.0706. The lowest BCUT2D eigenvalue weighted by Gasteiger charge is -2.22. The minimum Gasteiger partial charge on any atom is -0.480 e. The zero-order chi connectivity index (χ0) is 16.1. The summed E-state index contributed by atoms with van der Waals surface area (Å²) in [6.07, 6.45) is 10.5. The van der Waals surface area contributed by atoms with Gasteiger partial charge in [0.25, 0.3) is 0 Å². The van der Waals surface area contributed by atoms with E-state index in [1.165, 1.54) is 51.0 Å². The van der Waals surface area contributed by atoms with Gasteiger partial charge >= 0.3 is 0 Å². The standard InChI is InChI=1S/C19H25NO2S/c21-18-12-9-15-13-16(10-11-17(15)20-18)22-19(23)8-4-7-14-5-2-1-3-6-14/h9-14,19,23H,1-8H2,(H,20,21). The number of fused-ring (bicyclic) bond motifs is 1. The lowest BCUT2D eigenvalue weighted by molar-refractivity contribution is 0.260. The minimum atomic E-state index is -0.0825. The largest absolute Gasteiger partial charge is 0.480 e. The van der Waals surface area contributed by atoms with Crippen molar-refractivity contribution in [2.45, 2.75) is 56.8 Å². The maximum absolute atomic E-state index is 11.3. The van der Waals surface area contributed by atoms with E-state index >= 15 is 0 Å². The molecule has 23 heavy (non-hydrogen) atoms. The first-order valence-corrected chi connectivity index (χ1v) is 9.20. The van der Waals surface area contributed by atoms with E-state index in [0.29, 0.717) is 0 Å². The third-order valence-electron chi connectivity index (χ3n) is 4.76. The Kier molecular flexibility index (Phi) is 5.65. The molecule has 0 spiro atoms. The molecule has 1 aliphatic carbocycles. The number of ether oxygens (including phenoxy) is 1. The highest BCUT2D eigenvalue weighted by molar-refractivity contribution is 7.80. The van der Waals surface area contributed by atoms with Crippen LogP contribution in [0.3, 0.4) is 0 Å². The number of aromatic amines is 1. The molecule has 4 heteroatoms. The smallest absolute Gasteiger partial charge is 0.248 e. The highest BCUT2D eigenvalue weighted by atomic mass is 32.1. The SMILES string of the molecule is O=c1ccc2cc(OC(S)CCCC3CCCCC3)ccc2[nH]1.